The second-order valence-corrected chi connectivity index (χ2v) is 4.89. The van der Waals surface area contributed by atoms with E-state index in [4.69, 9.17) is 5.11 Å². The summed E-state index contributed by atoms with van der Waals surface area (Å²) in [5.41, 5.74) is 4.16. The average Bonchev–Trinajstić information content (AvgIpc) is 2.47. The fraction of sp³-hybridized carbons (Fsp3) is 0.0588. The Morgan fingerprint density at radius 3 is 2.57 bits per heavy atom. The van der Waals surface area contributed by atoms with Gasteiger partial charge in [-0.25, -0.2) is 4.79 Å². The van der Waals surface area contributed by atoms with Gasteiger partial charge in [0.2, 0.25) is 0 Å². The van der Waals surface area contributed by atoms with Crippen LogP contribution in [-0.4, -0.2) is 16.1 Å². The minimum absolute atomic E-state index is 0.274. The van der Waals surface area contributed by atoms with Crippen LogP contribution in [0.2, 0.25) is 0 Å². The number of benzene rings is 2. The molecule has 0 saturated heterocycles. The predicted molar refractivity (Wildman–Crippen MR) is 83.2 cm³/mol. The molecule has 0 fully saturated rings. The summed E-state index contributed by atoms with van der Waals surface area (Å²) < 4.78 is 0. The molecule has 0 radical (unpaired) electrons. The minimum Gasteiger partial charge on any atom is -0.478 e. The van der Waals surface area contributed by atoms with Crippen molar-refractivity contribution in [3.05, 3.63) is 65.9 Å². The molecule has 0 atom stereocenters. The first kappa shape index (κ1) is 13.1. The highest BCUT2D eigenvalue weighted by atomic mass is 16.4. The second kappa shape index (κ2) is 5.25. The molecule has 0 saturated carbocycles. The van der Waals surface area contributed by atoms with Gasteiger partial charge in [0, 0.05) is 23.0 Å². The Morgan fingerprint density at radius 1 is 1.10 bits per heavy atom. The van der Waals surface area contributed by atoms with Crippen LogP contribution in [0.4, 0.5) is 11.4 Å². The normalized spacial score (nSPS) is 10.5. The molecule has 0 aliphatic carbocycles. The lowest BCUT2D eigenvalue weighted by Crippen LogP contribution is -1.97. The predicted octanol–water partition coefficient (Wildman–Crippen LogP) is 3.99. The molecule has 3 rings (SSSR count). The Kier molecular flexibility index (Phi) is 3.28. The largest absolute Gasteiger partial charge is 0.478 e. The molecule has 4 heteroatoms. The molecule has 0 unspecified atom stereocenters. The molecule has 21 heavy (non-hydrogen) atoms. The number of nitrogens with zero attached hydrogens (tertiary/aromatic N) is 1. The molecular weight excluding hydrogens is 264 g/mol. The molecule has 2 aromatic carbocycles. The molecule has 0 bridgehead atoms. The number of aromatic nitrogens is 1. The maximum Gasteiger partial charge on any atom is 0.335 e. The maximum atomic E-state index is 10.8. The zero-order valence-electron chi connectivity index (χ0n) is 11.5. The number of carboxylic acids is 1. The van der Waals surface area contributed by atoms with Gasteiger partial charge < -0.3 is 10.4 Å². The minimum atomic E-state index is -0.925. The van der Waals surface area contributed by atoms with E-state index in [9.17, 15) is 4.79 Å². The third kappa shape index (κ3) is 2.69. The summed E-state index contributed by atoms with van der Waals surface area (Å²) in [6.45, 7) is 2.03. The number of hydrogen-bond acceptors (Lipinski definition) is 3. The highest BCUT2D eigenvalue weighted by Crippen LogP contribution is 2.25. The summed E-state index contributed by atoms with van der Waals surface area (Å²) in [5, 5.41) is 13.2. The lowest BCUT2D eigenvalue weighted by atomic mass is 10.1. The van der Waals surface area contributed by atoms with Crippen LogP contribution >= 0.6 is 0 Å². The van der Waals surface area contributed by atoms with Gasteiger partial charge in [0.25, 0.3) is 0 Å². The van der Waals surface area contributed by atoms with Crippen molar-refractivity contribution >= 4 is 28.2 Å². The summed E-state index contributed by atoms with van der Waals surface area (Å²) in [5.74, 6) is -0.925. The Morgan fingerprint density at radius 2 is 1.86 bits per heavy atom. The van der Waals surface area contributed by atoms with Gasteiger partial charge in [-0.15, -0.1) is 0 Å². The number of carbonyl (C=O) groups is 1. The van der Waals surface area contributed by atoms with Crippen molar-refractivity contribution in [1.82, 2.24) is 4.98 Å². The number of nitrogens with one attached hydrogen (secondary N) is 1. The molecular formula is C17H14N2O2. The van der Waals surface area contributed by atoms with E-state index in [0.717, 1.165) is 27.8 Å². The van der Waals surface area contributed by atoms with Gasteiger partial charge in [-0.3, -0.25) is 4.98 Å². The highest BCUT2D eigenvalue weighted by molar-refractivity contribution is 5.93. The summed E-state index contributed by atoms with van der Waals surface area (Å²) in [6, 6.07) is 14.7. The molecule has 4 nitrogen and oxygen atoms in total. The molecule has 1 aromatic heterocycles. The van der Waals surface area contributed by atoms with Crippen molar-refractivity contribution in [2.75, 3.05) is 5.32 Å². The third-order valence-corrected chi connectivity index (χ3v) is 3.31. The zero-order valence-corrected chi connectivity index (χ0v) is 11.5. The number of fused-ring (bicyclic) bond motifs is 1. The van der Waals surface area contributed by atoms with E-state index in [2.05, 4.69) is 10.3 Å². The zero-order chi connectivity index (χ0) is 14.8. The number of pyridine rings is 1. The Hall–Kier alpha value is -2.88. The van der Waals surface area contributed by atoms with E-state index in [1.807, 2.05) is 31.2 Å². The Labute approximate surface area is 122 Å². The summed E-state index contributed by atoms with van der Waals surface area (Å²) in [7, 11) is 0. The molecule has 0 aliphatic heterocycles. The van der Waals surface area contributed by atoms with Gasteiger partial charge in [-0.05, 0) is 48.9 Å². The maximum absolute atomic E-state index is 10.8. The highest BCUT2D eigenvalue weighted by Gasteiger charge is 2.04. The summed E-state index contributed by atoms with van der Waals surface area (Å²) >= 11 is 0. The average molecular weight is 278 g/mol. The summed E-state index contributed by atoms with van der Waals surface area (Å²) in [4.78, 5) is 15.2. The number of hydrogen-bond donors (Lipinski definition) is 2. The van der Waals surface area contributed by atoms with Crippen LogP contribution in [0.1, 0.15) is 15.9 Å². The van der Waals surface area contributed by atoms with Crippen molar-refractivity contribution in [2.45, 2.75) is 6.92 Å². The van der Waals surface area contributed by atoms with Gasteiger partial charge in [0.15, 0.2) is 0 Å². The van der Waals surface area contributed by atoms with Gasteiger partial charge in [-0.1, -0.05) is 12.1 Å². The van der Waals surface area contributed by atoms with Crippen LogP contribution in [0.15, 0.2) is 54.7 Å². The fourth-order valence-electron chi connectivity index (χ4n) is 2.22. The van der Waals surface area contributed by atoms with Gasteiger partial charge in [0.05, 0.1) is 11.1 Å². The van der Waals surface area contributed by atoms with Crippen LogP contribution in [0, 0.1) is 6.92 Å². The smallest absolute Gasteiger partial charge is 0.335 e. The van der Waals surface area contributed by atoms with Crippen molar-refractivity contribution in [3.63, 3.8) is 0 Å². The number of carboxylic acid groups (broad SMARTS) is 1. The third-order valence-electron chi connectivity index (χ3n) is 3.31. The fourth-order valence-corrected chi connectivity index (χ4v) is 2.22. The lowest BCUT2D eigenvalue weighted by Gasteiger charge is -2.10. The first-order chi connectivity index (χ1) is 10.1. The van der Waals surface area contributed by atoms with Crippen LogP contribution in [0.25, 0.3) is 10.9 Å². The number of rotatable bonds is 3. The van der Waals surface area contributed by atoms with E-state index in [1.54, 1.807) is 30.5 Å². The summed E-state index contributed by atoms with van der Waals surface area (Å²) in [6.07, 6.45) is 1.76. The topological polar surface area (TPSA) is 62.2 Å². The first-order valence-electron chi connectivity index (χ1n) is 6.59. The van der Waals surface area contributed by atoms with Crippen LogP contribution in [0.3, 0.4) is 0 Å². The number of aryl methyl sites for hydroxylation is 1. The van der Waals surface area contributed by atoms with Crippen molar-refractivity contribution in [1.29, 1.82) is 0 Å². The molecule has 0 spiro atoms. The Bertz CT molecular complexity index is 811. The van der Waals surface area contributed by atoms with E-state index in [1.165, 1.54) is 0 Å². The second-order valence-electron chi connectivity index (χ2n) is 4.89. The van der Waals surface area contributed by atoms with Crippen molar-refractivity contribution < 1.29 is 9.90 Å². The number of aromatic carboxylic acids is 1. The monoisotopic (exact) mass is 278 g/mol. The molecule has 104 valence electrons. The molecule has 1 heterocycles. The van der Waals surface area contributed by atoms with E-state index < -0.39 is 5.97 Å². The van der Waals surface area contributed by atoms with Crippen LogP contribution < -0.4 is 5.32 Å². The lowest BCUT2D eigenvalue weighted by molar-refractivity contribution is 0.0697. The van der Waals surface area contributed by atoms with E-state index in [0.29, 0.717) is 0 Å². The van der Waals surface area contributed by atoms with Gasteiger partial charge in [0.1, 0.15) is 0 Å². The quantitative estimate of drug-likeness (QED) is 0.760. The van der Waals surface area contributed by atoms with Crippen molar-refractivity contribution in [2.24, 2.45) is 0 Å². The standard InChI is InChI=1S/C17H14N2O2/c1-11-2-7-14-15(8-9-18-16(14)10-11)19-13-5-3-12(4-6-13)17(20)21/h2-10H,1H3,(H,18,19)(H,20,21). The van der Waals surface area contributed by atoms with Gasteiger partial charge in [-0.2, -0.15) is 0 Å². The number of anilines is 2. The molecule has 0 amide bonds. The molecule has 0 aliphatic rings. The SMILES string of the molecule is Cc1ccc2c(Nc3ccc(C(=O)O)cc3)ccnc2c1. The van der Waals surface area contributed by atoms with Gasteiger partial charge >= 0.3 is 5.97 Å². The van der Waals surface area contributed by atoms with E-state index in [-0.39, 0.29) is 5.56 Å². The van der Waals surface area contributed by atoms with Crippen LogP contribution in [-0.2, 0) is 0 Å². The Balaban J connectivity index is 1.96. The van der Waals surface area contributed by atoms with Crippen molar-refractivity contribution in [3.8, 4) is 0 Å². The molecule has 3 aromatic rings. The first-order valence-corrected chi connectivity index (χ1v) is 6.59. The van der Waals surface area contributed by atoms with Crippen LogP contribution in [0.5, 0.6) is 0 Å². The molecule has 2 N–H and O–H groups in total. The van der Waals surface area contributed by atoms with E-state index >= 15 is 0 Å².